The third kappa shape index (κ3) is 7.09. The predicted molar refractivity (Wildman–Crippen MR) is 144 cm³/mol. The van der Waals surface area contributed by atoms with E-state index < -0.39 is 23.8 Å². The van der Waals surface area contributed by atoms with E-state index in [4.69, 9.17) is 4.84 Å². The van der Waals surface area contributed by atoms with Gasteiger partial charge < -0.3 is 20.2 Å². The molecular weight excluding hydrogens is 511 g/mol. The lowest BCUT2D eigenvalue weighted by molar-refractivity contribution is -0.140. The molecule has 1 aliphatic heterocycles. The highest BCUT2D eigenvalue weighted by molar-refractivity contribution is 5.95. The Labute approximate surface area is 227 Å². The van der Waals surface area contributed by atoms with E-state index in [0.29, 0.717) is 37.5 Å². The summed E-state index contributed by atoms with van der Waals surface area (Å²) in [7, 11) is 1.67. The fourth-order valence-electron chi connectivity index (χ4n) is 4.96. The Morgan fingerprint density at radius 3 is 2.64 bits per heavy atom. The van der Waals surface area contributed by atoms with E-state index in [1.807, 2.05) is 39.0 Å². The summed E-state index contributed by atoms with van der Waals surface area (Å²) in [4.78, 5) is 25.7. The van der Waals surface area contributed by atoms with Gasteiger partial charge >= 0.3 is 6.18 Å². The van der Waals surface area contributed by atoms with Crippen LogP contribution in [0.1, 0.15) is 45.5 Å². The summed E-state index contributed by atoms with van der Waals surface area (Å²) in [6.07, 6.45) is 1.58. The lowest BCUT2D eigenvalue weighted by Crippen LogP contribution is -2.41. The topological polar surface area (TPSA) is 90.0 Å². The van der Waals surface area contributed by atoms with Gasteiger partial charge in [0.05, 0.1) is 12.3 Å². The molecule has 3 N–H and O–H groups in total. The minimum Gasteiger partial charge on any atom is -0.377 e. The van der Waals surface area contributed by atoms with Crippen molar-refractivity contribution < 1.29 is 27.9 Å². The number of nitrogens with zero attached hydrogens (tertiary/aromatic N) is 3. The molecule has 1 aromatic heterocycles. The number of allylic oxidation sites excluding steroid dienone is 5. The average Bonchev–Trinajstić information content (AvgIpc) is 2.96. The van der Waals surface area contributed by atoms with Gasteiger partial charge in [0.15, 0.2) is 5.69 Å². The van der Waals surface area contributed by atoms with Crippen LogP contribution in [0.3, 0.4) is 0 Å². The van der Waals surface area contributed by atoms with Gasteiger partial charge in [-0.05, 0) is 64.3 Å². The SMILES string of the molecule is CCONCCN(CO)C1=C(C)C2C=C(C/C=C(C)\C=C/2C(C)Nc2ccc(C)nc2C(F)(F)F)C(=O)N1C. The number of anilines is 1. The number of carbonyl (C=O) groups excluding carboxylic acids is 1. The molecule has 2 bridgehead atoms. The van der Waals surface area contributed by atoms with Gasteiger partial charge in [0, 0.05) is 43.4 Å². The van der Waals surface area contributed by atoms with Crippen molar-refractivity contribution in [3.63, 3.8) is 0 Å². The largest absolute Gasteiger partial charge is 0.435 e. The molecule has 2 heterocycles. The maximum absolute atomic E-state index is 13.8. The van der Waals surface area contributed by atoms with Crippen LogP contribution in [0.2, 0.25) is 0 Å². The molecule has 0 saturated heterocycles. The molecule has 0 fully saturated rings. The second-order valence-electron chi connectivity index (χ2n) is 9.78. The zero-order valence-electron chi connectivity index (χ0n) is 23.3. The summed E-state index contributed by atoms with van der Waals surface area (Å²) < 4.78 is 41.4. The molecule has 3 rings (SSSR count). The van der Waals surface area contributed by atoms with E-state index in [1.54, 1.807) is 18.9 Å². The van der Waals surface area contributed by atoms with Crippen LogP contribution < -0.4 is 10.8 Å². The van der Waals surface area contributed by atoms with Gasteiger partial charge in [-0.25, -0.2) is 10.5 Å². The van der Waals surface area contributed by atoms with Gasteiger partial charge in [0.25, 0.3) is 5.91 Å². The summed E-state index contributed by atoms with van der Waals surface area (Å²) in [6, 6.07) is 2.39. The van der Waals surface area contributed by atoms with Gasteiger partial charge in [-0.3, -0.25) is 9.69 Å². The van der Waals surface area contributed by atoms with E-state index in [1.165, 1.54) is 24.0 Å². The van der Waals surface area contributed by atoms with Gasteiger partial charge in [0.2, 0.25) is 0 Å². The standard InChI is InChI=1S/C28H38F3N5O3/c1-7-39-32-12-13-36(16-37)26-19(4)22-15-21(27(38)35(26)6)10-8-17(2)14-23(22)20(5)34-24-11-9-18(3)33-25(24)28(29,30)31/h8-9,11,14-15,20,22,32,34,37H,7,10,12-13,16H2,1-6H3/b17-8-,23-14-. The number of pyridine rings is 1. The number of hydrogen-bond donors (Lipinski definition) is 3. The third-order valence-corrected chi connectivity index (χ3v) is 6.86. The van der Waals surface area contributed by atoms with Crippen LogP contribution in [0, 0.1) is 12.8 Å². The number of carbonyl (C=O) groups is 1. The zero-order chi connectivity index (χ0) is 28.9. The van der Waals surface area contributed by atoms with Crippen molar-refractivity contribution in [2.75, 3.05) is 38.8 Å². The first-order chi connectivity index (χ1) is 18.4. The minimum atomic E-state index is -4.62. The molecule has 2 aliphatic rings. The summed E-state index contributed by atoms with van der Waals surface area (Å²) in [5.74, 6) is -0.0598. The van der Waals surface area contributed by atoms with E-state index in [2.05, 4.69) is 15.8 Å². The highest BCUT2D eigenvalue weighted by atomic mass is 19.4. The van der Waals surface area contributed by atoms with Crippen LogP contribution >= 0.6 is 0 Å². The minimum absolute atomic E-state index is 0.114. The van der Waals surface area contributed by atoms with Crippen LogP contribution in [0.5, 0.6) is 0 Å². The maximum atomic E-state index is 13.8. The number of aliphatic hydroxyl groups excluding tert-OH is 1. The Balaban J connectivity index is 2.08. The Bertz CT molecular complexity index is 1190. The molecule has 214 valence electrons. The quantitative estimate of drug-likeness (QED) is 0.225. The van der Waals surface area contributed by atoms with Gasteiger partial charge in [-0.2, -0.15) is 13.2 Å². The number of halogens is 3. The molecule has 0 aromatic carbocycles. The second kappa shape index (κ2) is 12.8. The van der Waals surface area contributed by atoms with Crippen molar-refractivity contribution in [2.24, 2.45) is 5.92 Å². The van der Waals surface area contributed by atoms with Crippen LogP contribution in [0.25, 0.3) is 0 Å². The monoisotopic (exact) mass is 549 g/mol. The summed E-state index contributed by atoms with van der Waals surface area (Å²) in [5, 5.41) is 13.3. The lowest BCUT2D eigenvalue weighted by Gasteiger charge is -2.34. The van der Waals surface area contributed by atoms with Crippen molar-refractivity contribution in [1.82, 2.24) is 20.3 Å². The Morgan fingerprint density at radius 1 is 1.28 bits per heavy atom. The number of amides is 1. The van der Waals surface area contributed by atoms with Crippen LogP contribution in [0.15, 0.2) is 58.5 Å². The molecule has 1 amide bonds. The Morgan fingerprint density at radius 2 is 2.00 bits per heavy atom. The first-order valence-electron chi connectivity index (χ1n) is 13.0. The number of likely N-dealkylation sites (N-methyl/N-ethyl adjacent to an activating group) is 1. The van der Waals surface area contributed by atoms with Gasteiger partial charge in [0.1, 0.15) is 12.6 Å². The molecule has 0 spiro atoms. The van der Waals surface area contributed by atoms with Gasteiger partial charge in [-0.1, -0.05) is 23.8 Å². The average molecular weight is 550 g/mol. The number of hydroxylamine groups is 1. The molecule has 11 heteroatoms. The van der Waals surface area contributed by atoms with Crippen molar-refractivity contribution in [3.05, 3.63) is 69.9 Å². The van der Waals surface area contributed by atoms with E-state index in [9.17, 15) is 23.1 Å². The Hall–Kier alpha value is -3.15. The van der Waals surface area contributed by atoms with Gasteiger partial charge in [-0.15, -0.1) is 0 Å². The van der Waals surface area contributed by atoms with Crippen molar-refractivity contribution >= 4 is 11.6 Å². The summed E-state index contributed by atoms with van der Waals surface area (Å²) in [5.41, 5.74) is 5.07. The van der Waals surface area contributed by atoms with E-state index in [-0.39, 0.29) is 24.0 Å². The zero-order valence-corrected chi connectivity index (χ0v) is 23.3. The molecular formula is C28H38F3N5O3. The Kier molecular flexibility index (Phi) is 9.98. The molecule has 0 radical (unpaired) electrons. The third-order valence-electron chi connectivity index (χ3n) is 6.86. The summed E-state index contributed by atoms with van der Waals surface area (Å²) in [6.45, 7) is 9.87. The second-order valence-corrected chi connectivity index (χ2v) is 9.78. The predicted octanol–water partition coefficient (Wildman–Crippen LogP) is 4.52. The number of fused-ring (bicyclic) bond motifs is 1. The number of alkyl halides is 3. The van der Waals surface area contributed by atoms with E-state index >= 15 is 0 Å². The van der Waals surface area contributed by atoms with Crippen molar-refractivity contribution in [1.29, 1.82) is 0 Å². The van der Waals surface area contributed by atoms with Crippen LogP contribution in [-0.4, -0.2) is 65.3 Å². The molecule has 2 atom stereocenters. The van der Waals surface area contributed by atoms with Crippen molar-refractivity contribution in [2.45, 2.75) is 53.3 Å². The molecule has 1 aliphatic carbocycles. The maximum Gasteiger partial charge on any atom is 0.435 e. The van der Waals surface area contributed by atoms with Crippen LogP contribution in [0.4, 0.5) is 18.9 Å². The smallest absolute Gasteiger partial charge is 0.377 e. The number of aromatic nitrogens is 1. The van der Waals surface area contributed by atoms with Crippen LogP contribution in [-0.2, 0) is 15.8 Å². The molecule has 2 unspecified atom stereocenters. The highest BCUT2D eigenvalue weighted by Gasteiger charge is 2.37. The normalized spacial score (nSPS) is 21.7. The first kappa shape index (κ1) is 30.4. The summed E-state index contributed by atoms with van der Waals surface area (Å²) >= 11 is 0. The molecule has 0 saturated carbocycles. The molecule has 8 nitrogen and oxygen atoms in total. The first-order valence-corrected chi connectivity index (χ1v) is 13.0. The lowest BCUT2D eigenvalue weighted by atomic mass is 9.83. The fourth-order valence-corrected chi connectivity index (χ4v) is 4.96. The fraction of sp³-hybridized carbons (Fsp3) is 0.500. The molecule has 1 aromatic rings. The number of hydrogen-bond acceptors (Lipinski definition) is 7. The number of aliphatic hydroxyl groups is 1. The number of rotatable bonds is 10. The van der Waals surface area contributed by atoms with Crippen molar-refractivity contribution in [3.8, 4) is 0 Å². The molecule has 39 heavy (non-hydrogen) atoms. The number of nitrogens with one attached hydrogen (secondary N) is 2. The van der Waals surface area contributed by atoms with E-state index in [0.717, 1.165) is 16.7 Å². The highest BCUT2D eigenvalue weighted by Crippen LogP contribution is 2.38. The number of aryl methyl sites for hydroxylation is 1.